The van der Waals surface area contributed by atoms with E-state index < -0.39 is 5.97 Å². The molecule has 1 heterocycles. The van der Waals surface area contributed by atoms with Gasteiger partial charge in [0.25, 0.3) is 0 Å². The number of hydrogen-bond donors (Lipinski definition) is 1. The number of rotatable bonds is 5. The first-order chi connectivity index (χ1) is 11.2. The van der Waals surface area contributed by atoms with Crippen molar-refractivity contribution in [3.63, 3.8) is 0 Å². The molecule has 0 bridgehead atoms. The average Bonchev–Trinajstić information content (AvgIpc) is 2.61. The van der Waals surface area contributed by atoms with E-state index in [1.54, 1.807) is 0 Å². The highest BCUT2D eigenvalue weighted by atomic mass is 16.4. The van der Waals surface area contributed by atoms with Crippen molar-refractivity contribution < 1.29 is 9.90 Å². The Balaban J connectivity index is 1.71. The number of nitrogens with zero attached hydrogens (tertiary/aromatic N) is 1. The van der Waals surface area contributed by atoms with Crippen LogP contribution < -0.4 is 0 Å². The van der Waals surface area contributed by atoms with E-state index in [0.29, 0.717) is 12.5 Å². The molecule has 0 amide bonds. The van der Waals surface area contributed by atoms with E-state index >= 15 is 0 Å². The zero-order chi connectivity index (χ0) is 16.1. The number of carboxylic acids is 1. The Kier molecular flexibility index (Phi) is 5.09. The summed E-state index contributed by atoms with van der Waals surface area (Å²) in [6.07, 6.45) is 2.44. The maximum absolute atomic E-state index is 10.7. The molecule has 1 saturated heterocycles. The molecule has 1 fully saturated rings. The van der Waals surface area contributed by atoms with Gasteiger partial charge in [0.15, 0.2) is 0 Å². The summed E-state index contributed by atoms with van der Waals surface area (Å²) in [6.45, 7) is 2.64. The molecule has 0 saturated carbocycles. The second-order valence-corrected chi connectivity index (χ2v) is 6.21. The van der Waals surface area contributed by atoms with E-state index in [4.69, 9.17) is 5.11 Å². The molecule has 3 heteroatoms. The van der Waals surface area contributed by atoms with E-state index in [0.717, 1.165) is 25.9 Å². The normalized spacial score (nSPS) is 16.3. The van der Waals surface area contributed by atoms with Crippen molar-refractivity contribution in [2.24, 2.45) is 0 Å². The molecule has 120 valence electrons. The molecule has 0 atom stereocenters. The average molecular weight is 309 g/mol. The van der Waals surface area contributed by atoms with Crippen molar-refractivity contribution >= 4 is 5.97 Å². The van der Waals surface area contributed by atoms with Gasteiger partial charge in [-0.1, -0.05) is 54.6 Å². The molecular weight excluding hydrogens is 286 g/mol. The molecule has 2 aromatic carbocycles. The number of carboxylic acid groups (broad SMARTS) is 1. The van der Waals surface area contributed by atoms with Crippen molar-refractivity contribution in [3.05, 3.63) is 60.2 Å². The third-order valence-corrected chi connectivity index (χ3v) is 4.71. The largest absolute Gasteiger partial charge is 0.481 e. The highest BCUT2D eigenvalue weighted by molar-refractivity contribution is 5.68. The Bertz CT molecular complexity index is 646. The lowest BCUT2D eigenvalue weighted by Crippen LogP contribution is -2.34. The first-order valence-corrected chi connectivity index (χ1v) is 8.32. The third-order valence-electron chi connectivity index (χ3n) is 4.71. The summed E-state index contributed by atoms with van der Waals surface area (Å²) in [6, 6.07) is 19.2. The van der Waals surface area contributed by atoms with Crippen LogP contribution in [0.3, 0.4) is 0 Å². The van der Waals surface area contributed by atoms with E-state index in [2.05, 4.69) is 53.4 Å². The lowest BCUT2D eigenvalue weighted by Gasteiger charge is -2.32. The fraction of sp³-hybridized carbons (Fsp3) is 0.350. The molecular formula is C20H23NO2. The fourth-order valence-corrected chi connectivity index (χ4v) is 3.45. The van der Waals surface area contributed by atoms with E-state index in [1.165, 1.54) is 16.7 Å². The number of benzene rings is 2. The molecule has 1 N–H and O–H groups in total. The van der Waals surface area contributed by atoms with Crippen molar-refractivity contribution in [2.45, 2.75) is 25.2 Å². The summed E-state index contributed by atoms with van der Waals surface area (Å²) in [7, 11) is 0. The first kappa shape index (κ1) is 15.8. The first-order valence-electron chi connectivity index (χ1n) is 8.32. The molecule has 3 rings (SSSR count). The monoisotopic (exact) mass is 309 g/mol. The number of aliphatic carboxylic acids is 1. The van der Waals surface area contributed by atoms with Gasteiger partial charge in [0.1, 0.15) is 0 Å². The summed E-state index contributed by atoms with van der Waals surface area (Å²) < 4.78 is 0. The van der Waals surface area contributed by atoms with E-state index in [-0.39, 0.29) is 6.42 Å². The Morgan fingerprint density at radius 3 is 2.35 bits per heavy atom. The SMILES string of the molecule is O=C(O)CCN1CCC(c2ccccc2-c2ccccc2)CC1. The molecule has 0 aliphatic carbocycles. The van der Waals surface area contributed by atoms with Crippen LogP contribution >= 0.6 is 0 Å². The zero-order valence-corrected chi connectivity index (χ0v) is 13.3. The second-order valence-electron chi connectivity index (χ2n) is 6.21. The van der Waals surface area contributed by atoms with E-state index in [1.807, 2.05) is 6.07 Å². The van der Waals surface area contributed by atoms with Gasteiger partial charge < -0.3 is 10.0 Å². The van der Waals surface area contributed by atoms with Gasteiger partial charge in [-0.05, 0) is 48.5 Å². The quantitative estimate of drug-likeness (QED) is 0.907. The van der Waals surface area contributed by atoms with Gasteiger partial charge in [0, 0.05) is 6.54 Å². The minimum atomic E-state index is -0.707. The minimum Gasteiger partial charge on any atom is -0.481 e. The van der Waals surface area contributed by atoms with Gasteiger partial charge in [-0.25, -0.2) is 0 Å². The predicted molar refractivity (Wildman–Crippen MR) is 92.5 cm³/mol. The lowest BCUT2D eigenvalue weighted by atomic mass is 9.84. The summed E-state index contributed by atoms with van der Waals surface area (Å²) in [5, 5.41) is 8.81. The van der Waals surface area contributed by atoms with Crippen LogP contribution in [-0.2, 0) is 4.79 Å². The summed E-state index contributed by atoms with van der Waals surface area (Å²) in [5.74, 6) is -0.144. The van der Waals surface area contributed by atoms with Crippen LogP contribution in [0, 0.1) is 0 Å². The molecule has 1 aliphatic heterocycles. The highest BCUT2D eigenvalue weighted by Crippen LogP contribution is 2.35. The molecule has 3 nitrogen and oxygen atoms in total. The van der Waals surface area contributed by atoms with Crippen molar-refractivity contribution in [1.29, 1.82) is 0 Å². The van der Waals surface area contributed by atoms with Crippen molar-refractivity contribution in [2.75, 3.05) is 19.6 Å². The van der Waals surface area contributed by atoms with Crippen LogP contribution in [0.4, 0.5) is 0 Å². The van der Waals surface area contributed by atoms with Gasteiger partial charge in [0.05, 0.1) is 6.42 Å². The van der Waals surface area contributed by atoms with Gasteiger partial charge in [-0.2, -0.15) is 0 Å². The topological polar surface area (TPSA) is 40.5 Å². The zero-order valence-electron chi connectivity index (χ0n) is 13.3. The molecule has 0 unspecified atom stereocenters. The van der Waals surface area contributed by atoms with Crippen LogP contribution in [0.1, 0.15) is 30.7 Å². The number of likely N-dealkylation sites (tertiary alicyclic amines) is 1. The smallest absolute Gasteiger partial charge is 0.304 e. The van der Waals surface area contributed by atoms with Crippen LogP contribution in [0.25, 0.3) is 11.1 Å². The van der Waals surface area contributed by atoms with Gasteiger partial charge >= 0.3 is 5.97 Å². The van der Waals surface area contributed by atoms with Crippen LogP contribution in [0.5, 0.6) is 0 Å². The second kappa shape index (κ2) is 7.42. The minimum absolute atomic E-state index is 0.241. The van der Waals surface area contributed by atoms with Gasteiger partial charge in [0.2, 0.25) is 0 Å². The maximum Gasteiger partial charge on any atom is 0.304 e. The third kappa shape index (κ3) is 3.99. The molecule has 1 aliphatic rings. The summed E-state index contributed by atoms with van der Waals surface area (Å²) in [5.41, 5.74) is 4.03. The standard InChI is InChI=1S/C20H23NO2/c22-20(23)12-15-21-13-10-17(11-14-21)19-9-5-4-8-18(19)16-6-2-1-3-7-16/h1-9,17H,10-15H2,(H,22,23). The molecule has 23 heavy (non-hydrogen) atoms. The Hall–Kier alpha value is -2.13. The Labute approximate surface area is 137 Å². The maximum atomic E-state index is 10.7. The van der Waals surface area contributed by atoms with Crippen molar-refractivity contribution in [3.8, 4) is 11.1 Å². The van der Waals surface area contributed by atoms with Crippen molar-refractivity contribution in [1.82, 2.24) is 4.90 Å². The number of piperidine rings is 1. The van der Waals surface area contributed by atoms with Crippen LogP contribution in [0.2, 0.25) is 0 Å². The van der Waals surface area contributed by atoms with Gasteiger partial charge in [-0.15, -0.1) is 0 Å². The van der Waals surface area contributed by atoms with Gasteiger partial charge in [-0.3, -0.25) is 4.79 Å². The molecule has 0 spiro atoms. The highest BCUT2D eigenvalue weighted by Gasteiger charge is 2.22. The predicted octanol–water partition coefficient (Wildman–Crippen LogP) is 4.01. The number of hydrogen-bond acceptors (Lipinski definition) is 2. The fourth-order valence-electron chi connectivity index (χ4n) is 3.45. The van der Waals surface area contributed by atoms with Crippen LogP contribution in [0.15, 0.2) is 54.6 Å². The molecule has 2 aromatic rings. The van der Waals surface area contributed by atoms with E-state index in [9.17, 15) is 4.79 Å². The Morgan fingerprint density at radius 1 is 1.00 bits per heavy atom. The molecule has 0 radical (unpaired) electrons. The lowest BCUT2D eigenvalue weighted by molar-refractivity contribution is -0.137. The van der Waals surface area contributed by atoms with Crippen LogP contribution in [-0.4, -0.2) is 35.6 Å². The number of carbonyl (C=O) groups is 1. The molecule has 0 aromatic heterocycles. The summed E-state index contributed by atoms with van der Waals surface area (Å²) in [4.78, 5) is 13.0. The summed E-state index contributed by atoms with van der Waals surface area (Å²) >= 11 is 0. The Morgan fingerprint density at radius 2 is 1.65 bits per heavy atom.